The van der Waals surface area contributed by atoms with Gasteiger partial charge in [-0.05, 0) is 11.5 Å². The number of carbonyl (C=O) groups is 1. The minimum absolute atomic E-state index is 0.182. The molecule has 0 aliphatic carbocycles. The summed E-state index contributed by atoms with van der Waals surface area (Å²) < 4.78 is 0. The molecule has 19 heavy (non-hydrogen) atoms. The fourth-order valence-corrected chi connectivity index (χ4v) is 2.32. The molecule has 0 aromatic heterocycles. The van der Waals surface area contributed by atoms with Gasteiger partial charge in [0.2, 0.25) is 0 Å². The van der Waals surface area contributed by atoms with Gasteiger partial charge in [0.25, 0.3) is 0 Å². The lowest BCUT2D eigenvalue weighted by Crippen LogP contribution is -2.30. The van der Waals surface area contributed by atoms with Crippen LogP contribution in [0.4, 0.5) is 0 Å². The minimum Gasteiger partial charge on any atom is -0.294 e. The van der Waals surface area contributed by atoms with Crippen LogP contribution in [0.1, 0.15) is 42.6 Å². The lowest BCUT2D eigenvalue weighted by molar-refractivity contribution is 0.0807. The third-order valence-corrected chi connectivity index (χ3v) is 4.00. The first kappa shape index (κ1) is 13.5. The molecule has 0 fully saturated rings. The Morgan fingerprint density at radius 3 is 1.89 bits per heavy atom. The maximum absolute atomic E-state index is 12.7. The summed E-state index contributed by atoms with van der Waals surface area (Å²) in [6.45, 7) is 6.18. The van der Waals surface area contributed by atoms with Crippen LogP contribution < -0.4 is 0 Å². The molecule has 0 amide bonds. The summed E-state index contributed by atoms with van der Waals surface area (Å²) in [7, 11) is 0. The molecule has 2 aromatic rings. The van der Waals surface area contributed by atoms with E-state index in [1.165, 1.54) is 5.56 Å². The van der Waals surface area contributed by atoms with Crippen molar-refractivity contribution in [2.75, 3.05) is 0 Å². The number of Topliss-reactive ketones (excluding diaryl/α,β-unsaturated/α-hetero) is 1. The summed E-state index contributed by atoms with van der Waals surface area (Å²) in [5.74, 6) is 0.380. The first-order chi connectivity index (χ1) is 9.03. The zero-order valence-electron chi connectivity index (χ0n) is 11.8. The Balaban J connectivity index is 2.30. The van der Waals surface area contributed by atoms with E-state index in [2.05, 4.69) is 19.1 Å². The Morgan fingerprint density at radius 1 is 0.895 bits per heavy atom. The van der Waals surface area contributed by atoms with Crippen molar-refractivity contribution in [2.24, 2.45) is 5.41 Å². The normalized spacial score (nSPS) is 13.0. The molecule has 0 saturated carbocycles. The molecule has 0 aliphatic heterocycles. The molecule has 0 bridgehead atoms. The third kappa shape index (κ3) is 2.76. The van der Waals surface area contributed by atoms with Crippen LogP contribution >= 0.6 is 0 Å². The summed E-state index contributed by atoms with van der Waals surface area (Å²) in [6, 6.07) is 19.8. The Bertz CT molecular complexity index is 540. The number of carbonyl (C=O) groups excluding carboxylic acids is 1. The minimum atomic E-state index is -0.414. The highest BCUT2D eigenvalue weighted by Gasteiger charge is 2.35. The Labute approximate surface area is 115 Å². The monoisotopic (exact) mass is 252 g/mol. The molecular formula is C18H20O. The van der Waals surface area contributed by atoms with Crippen LogP contribution in [0.3, 0.4) is 0 Å². The number of ketones is 1. The van der Waals surface area contributed by atoms with Crippen molar-refractivity contribution in [3.8, 4) is 0 Å². The Morgan fingerprint density at radius 2 is 1.37 bits per heavy atom. The van der Waals surface area contributed by atoms with E-state index in [-0.39, 0.29) is 11.7 Å². The average molecular weight is 252 g/mol. The van der Waals surface area contributed by atoms with E-state index in [1.807, 2.05) is 62.4 Å². The van der Waals surface area contributed by atoms with Crippen LogP contribution in [0.5, 0.6) is 0 Å². The third-order valence-electron chi connectivity index (χ3n) is 4.00. The predicted molar refractivity (Wildman–Crippen MR) is 79.4 cm³/mol. The first-order valence-corrected chi connectivity index (χ1v) is 6.68. The van der Waals surface area contributed by atoms with Crippen LogP contribution in [-0.2, 0) is 0 Å². The summed E-state index contributed by atoms with van der Waals surface area (Å²) in [5.41, 5.74) is 1.58. The summed E-state index contributed by atoms with van der Waals surface area (Å²) in [4.78, 5) is 12.7. The smallest absolute Gasteiger partial charge is 0.169 e. The van der Waals surface area contributed by atoms with Crippen molar-refractivity contribution in [1.82, 2.24) is 0 Å². The molecule has 0 heterocycles. The summed E-state index contributed by atoms with van der Waals surface area (Å²) >= 11 is 0. The van der Waals surface area contributed by atoms with Gasteiger partial charge in [-0.3, -0.25) is 4.79 Å². The van der Waals surface area contributed by atoms with Gasteiger partial charge in [-0.1, -0.05) is 81.4 Å². The molecule has 0 N–H and O–H groups in total. The predicted octanol–water partition coefficient (Wildman–Crippen LogP) is 4.70. The molecule has 0 saturated heterocycles. The van der Waals surface area contributed by atoms with Crippen molar-refractivity contribution >= 4 is 5.78 Å². The molecule has 98 valence electrons. The quantitative estimate of drug-likeness (QED) is 0.721. The molecule has 1 nitrogen and oxygen atoms in total. The fraction of sp³-hybridized carbons (Fsp3) is 0.278. The van der Waals surface area contributed by atoms with Gasteiger partial charge in [-0.25, -0.2) is 0 Å². The highest BCUT2D eigenvalue weighted by Crippen LogP contribution is 2.37. The van der Waals surface area contributed by atoms with Gasteiger partial charge in [0, 0.05) is 11.0 Å². The van der Waals surface area contributed by atoms with Crippen LogP contribution in [0.2, 0.25) is 0 Å². The van der Waals surface area contributed by atoms with Crippen molar-refractivity contribution in [3.63, 3.8) is 0 Å². The summed E-state index contributed by atoms with van der Waals surface area (Å²) in [6.07, 6.45) is 0. The molecule has 1 heteroatoms. The van der Waals surface area contributed by atoms with Gasteiger partial charge in [-0.15, -0.1) is 0 Å². The SMILES string of the molecule is C[C@@H](c1ccccc1)C(C)(C)C(=O)c1ccccc1. The van der Waals surface area contributed by atoms with E-state index >= 15 is 0 Å². The number of rotatable bonds is 4. The van der Waals surface area contributed by atoms with E-state index in [9.17, 15) is 4.79 Å². The molecule has 2 aromatic carbocycles. The van der Waals surface area contributed by atoms with Crippen molar-refractivity contribution in [1.29, 1.82) is 0 Å². The van der Waals surface area contributed by atoms with Crippen molar-refractivity contribution < 1.29 is 4.79 Å². The average Bonchev–Trinajstić information content (AvgIpc) is 2.47. The zero-order chi connectivity index (χ0) is 13.9. The lowest BCUT2D eigenvalue weighted by Gasteiger charge is -2.30. The molecule has 2 rings (SSSR count). The van der Waals surface area contributed by atoms with Crippen molar-refractivity contribution in [2.45, 2.75) is 26.7 Å². The van der Waals surface area contributed by atoms with Gasteiger partial charge in [0.1, 0.15) is 0 Å². The molecule has 0 spiro atoms. The topological polar surface area (TPSA) is 17.1 Å². The van der Waals surface area contributed by atoms with Gasteiger partial charge in [-0.2, -0.15) is 0 Å². The van der Waals surface area contributed by atoms with Crippen LogP contribution in [0.25, 0.3) is 0 Å². The van der Waals surface area contributed by atoms with E-state index in [4.69, 9.17) is 0 Å². The summed E-state index contributed by atoms with van der Waals surface area (Å²) in [5, 5.41) is 0. The zero-order valence-corrected chi connectivity index (χ0v) is 11.8. The number of hydrogen-bond donors (Lipinski definition) is 0. The Hall–Kier alpha value is -1.89. The first-order valence-electron chi connectivity index (χ1n) is 6.68. The van der Waals surface area contributed by atoms with Crippen LogP contribution in [0.15, 0.2) is 60.7 Å². The highest BCUT2D eigenvalue weighted by atomic mass is 16.1. The fourth-order valence-electron chi connectivity index (χ4n) is 2.32. The van der Waals surface area contributed by atoms with Crippen LogP contribution in [0, 0.1) is 5.41 Å². The van der Waals surface area contributed by atoms with Crippen LogP contribution in [-0.4, -0.2) is 5.78 Å². The molecule has 0 unspecified atom stereocenters. The molecule has 0 aliphatic rings. The number of hydrogen-bond acceptors (Lipinski definition) is 1. The molecule has 0 radical (unpaired) electrons. The number of benzene rings is 2. The maximum Gasteiger partial charge on any atom is 0.169 e. The molecule has 1 atom stereocenters. The van der Waals surface area contributed by atoms with Gasteiger partial charge >= 0.3 is 0 Å². The second-order valence-corrected chi connectivity index (χ2v) is 5.55. The largest absolute Gasteiger partial charge is 0.294 e. The Kier molecular flexibility index (Phi) is 3.84. The van der Waals surface area contributed by atoms with E-state index < -0.39 is 5.41 Å². The van der Waals surface area contributed by atoms with Gasteiger partial charge < -0.3 is 0 Å². The second-order valence-electron chi connectivity index (χ2n) is 5.55. The van der Waals surface area contributed by atoms with Crippen molar-refractivity contribution in [3.05, 3.63) is 71.8 Å². The van der Waals surface area contributed by atoms with Gasteiger partial charge in [0.15, 0.2) is 5.78 Å². The van der Waals surface area contributed by atoms with Gasteiger partial charge in [0.05, 0.1) is 0 Å². The van der Waals surface area contributed by atoms with E-state index in [0.717, 1.165) is 5.56 Å². The molecular weight excluding hydrogens is 232 g/mol. The second kappa shape index (κ2) is 5.40. The van der Waals surface area contributed by atoms with E-state index in [0.29, 0.717) is 0 Å². The highest BCUT2D eigenvalue weighted by molar-refractivity contribution is 6.00. The standard InChI is InChI=1S/C18H20O/c1-14(15-10-6-4-7-11-15)18(2,3)17(19)16-12-8-5-9-13-16/h4-14H,1-3H3/t14-/m0/s1. The van der Waals surface area contributed by atoms with E-state index in [1.54, 1.807) is 0 Å². The lowest BCUT2D eigenvalue weighted by atomic mass is 9.71. The maximum atomic E-state index is 12.7.